The van der Waals surface area contributed by atoms with Gasteiger partial charge in [0.1, 0.15) is 5.82 Å². The van der Waals surface area contributed by atoms with E-state index in [0.29, 0.717) is 0 Å². The summed E-state index contributed by atoms with van der Waals surface area (Å²) < 4.78 is 5.41. The van der Waals surface area contributed by atoms with E-state index in [0.717, 1.165) is 50.6 Å². The molecule has 1 fully saturated rings. The van der Waals surface area contributed by atoms with E-state index in [1.54, 1.807) is 7.11 Å². The molecule has 0 aliphatic carbocycles. The first-order chi connectivity index (χ1) is 8.74. The van der Waals surface area contributed by atoms with Crippen LogP contribution in [-0.4, -0.2) is 38.3 Å². The average Bonchev–Trinajstić information content (AvgIpc) is 2.38. The van der Waals surface area contributed by atoms with Crippen molar-refractivity contribution in [1.29, 1.82) is 0 Å². The first-order valence-electron chi connectivity index (χ1n) is 6.61. The van der Waals surface area contributed by atoms with Crippen molar-refractivity contribution in [2.45, 2.75) is 19.8 Å². The Kier molecular flexibility index (Phi) is 4.55. The summed E-state index contributed by atoms with van der Waals surface area (Å²) >= 11 is 0. The smallest absolute Gasteiger partial charge is 0.126 e. The predicted molar refractivity (Wildman–Crippen MR) is 73.9 cm³/mol. The maximum Gasteiger partial charge on any atom is 0.126 e. The van der Waals surface area contributed by atoms with Gasteiger partial charge < -0.3 is 15.4 Å². The molecule has 0 bridgehead atoms. The van der Waals surface area contributed by atoms with Gasteiger partial charge in [-0.25, -0.2) is 4.98 Å². The molecule has 1 aromatic heterocycles. The third kappa shape index (κ3) is 3.43. The van der Waals surface area contributed by atoms with E-state index in [9.17, 15) is 0 Å². The zero-order chi connectivity index (χ0) is 12.8. The third-order valence-electron chi connectivity index (χ3n) is 3.65. The van der Waals surface area contributed by atoms with Crippen molar-refractivity contribution in [2.75, 3.05) is 38.7 Å². The van der Waals surface area contributed by atoms with Crippen molar-refractivity contribution < 1.29 is 4.74 Å². The highest BCUT2D eigenvalue weighted by Gasteiger charge is 2.31. The van der Waals surface area contributed by atoms with Crippen LogP contribution in [0.3, 0.4) is 0 Å². The highest BCUT2D eigenvalue weighted by molar-refractivity contribution is 5.35. The monoisotopic (exact) mass is 249 g/mol. The molecule has 1 aliphatic rings. The first-order valence-corrected chi connectivity index (χ1v) is 6.61. The zero-order valence-electron chi connectivity index (χ0n) is 11.3. The lowest BCUT2D eigenvalue weighted by atomic mass is 9.79. The van der Waals surface area contributed by atoms with Gasteiger partial charge in [0.15, 0.2) is 0 Å². The Morgan fingerprint density at radius 2 is 2.17 bits per heavy atom. The molecule has 1 aliphatic heterocycles. The Morgan fingerprint density at radius 3 is 2.83 bits per heavy atom. The molecule has 4 nitrogen and oxygen atoms in total. The second-order valence-corrected chi connectivity index (χ2v) is 5.20. The minimum Gasteiger partial charge on any atom is -0.384 e. The normalized spacial score (nSPS) is 18.6. The number of pyridine rings is 1. The van der Waals surface area contributed by atoms with Gasteiger partial charge in [-0.05, 0) is 45.0 Å². The summed E-state index contributed by atoms with van der Waals surface area (Å²) in [5.41, 5.74) is 1.29. The van der Waals surface area contributed by atoms with Gasteiger partial charge in [-0.2, -0.15) is 0 Å². The topological polar surface area (TPSA) is 46.2 Å². The van der Waals surface area contributed by atoms with Crippen LogP contribution in [0.1, 0.15) is 18.5 Å². The van der Waals surface area contributed by atoms with E-state index in [2.05, 4.69) is 15.6 Å². The van der Waals surface area contributed by atoms with Gasteiger partial charge in [0.05, 0.1) is 6.61 Å². The summed E-state index contributed by atoms with van der Waals surface area (Å²) in [7, 11) is 1.79. The number of rotatable bonds is 5. The van der Waals surface area contributed by atoms with Gasteiger partial charge in [-0.15, -0.1) is 0 Å². The molecule has 18 heavy (non-hydrogen) atoms. The SMILES string of the molecule is COCC1(CNc2cccc(C)n2)CCNCC1. The lowest BCUT2D eigenvalue weighted by Crippen LogP contribution is -2.44. The molecule has 0 amide bonds. The minimum absolute atomic E-state index is 0.241. The number of nitrogens with one attached hydrogen (secondary N) is 2. The zero-order valence-corrected chi connectivity index (χ0v) is 11.3. The molecule has 2 heterocycles. The molecule has 0 saturated carbocycles. The van der Waals surface area contributed by atoms with Crippen molar-refractivity contribution in [2.24, 2.45) is 5.41 Å². The van der Waals surface area contributed by atoms with Gasteiger partial charge >= 0.3 is 0 Å². The fraction of sp³-hybridized carbons (Fsp3) is 0.643. The van der Waals surface area contributed by atoms with Crippen LogP contribution in [0.25, 0.3) is 0 Å². The average molecular weight is 249 g/mol. The largest absolute Gasteiger partial charge is 0.384 e. The first kappa shape index (κ1) is 13.3. The summed E-state index contributed by atoms with van der Waals surface area (Å²) in [6, 6.07) is 6.07. The van der Waals surface area contributed by atoms with Crippen LogP contribution in [0.5, 0.6) is 0 Å². The molecule has 0 atom stereocenters. The van der Waals surface area contributed by atoms with Crippen LogP contribution < -0.4 is 10.6 Å². The number of aromatic nitrogens is 1. The number of hydrogen-bond acceptors (Lipinski definition) is 4. The molecule has 0 aromatic carbocycles. The van der Waals surface area contributed by atoms with Crippen LogP contribution in [-0.2, 0) is 4.74 Å². The fourth-order valence-corrected chi connectivity index (χ4v) is 2.55. The Balaban J connectivity index is 1.96. The lowest BCUT2D eigenvalue weighted by Gasteiger charge is -2.37. The van der Waals surface area contributed by atoms with Gasteiger partial charge in [0, 0.05) is 24.8 Å². The molecule has 0 spiro atoms. The molecule has 100 valence electrons. The summed E-state index contributed by atoms with van der Waals surface area (Å²) in [4.78, 5) is 4.48. The molecule has 0 unspecified atom stereocenters. The van der Waals surface area contributed by atoms with Crippen molar-refractivity contribution >= 4 is 5.82 Å². The van der Waals surface area contributed by atoms with Crippen LogP contribution in [0.2, 0.25) is 0 Å². The molecule has 2 rings (SSSR count). The number of methoxy groups -OCH3 is 1. The van der Waals surface area contributed by atoms with Crippen LogP contribution in [0.15, 0.2) is 18.2 Å². The highest BCUT2D eigenvalue weighted by Crippen LogP contribution is 2.29. The predicted octanol–water partition coefficient (Wildman–Crippen LogP) is 1.82. The van der Waals surface area contributed by atoms with Crippen molar-refractivity contribution in [3.63, 3.8) is 0 Å². The van der Waals surface area contributed by atoms with E-state index in [1.165, 1.54) is 0 Å². The molecular weight excluding hydrogens is 226 g/mol. The van der Waals surface area contributed by atoms with Gasteiger partial charge in [-0.1, -0.05) is 6.07 Å². The maximum atomic E-state index is 5.41. The van der Waals surface area contributed by atoms with E-state index < -0.39 is 0 Å². The van der Waals surface area contributed by atoms with Crippen molar-refractivity contribution in [3.8, 4) is 0 Å². The minimum atomic E-state index is 0.241. The van der Waals surface area contributed by atoms with Gasteiger partial charge in [0.2, 0.25) is 0 Å². The summed E-state index contributed by atoms with van der Waals surface area (Å²) in [6.45, 7) is 5.91. The van der Waals surface area contributed by atoms with E-state index in [4.69, 9.17) is 4.74 Å². The van der Waals surface area contributed by atoms with Gasteiger partial charge in [0.25, 0.3) is 0 Å². The van der Waals surface area contributed by atoms with Crippen LogP contribution in [0, 0.1) is 12.3 Å². The number of piperidine rings is 1. The summed E-state index contributed by atoms with van der Waals surface area (Å²) in [5, 5.41) is 6.87. The lowest BCUT2D eigenvalue weighted by molar-refractivity contribution is 0.0635. The number of ether oxygens (including phenoxy) is 1. The van der Waals surface area contributed by atoms with E-state index in [-0.39, 0.29) is 5.41 Å². The van der Waals surface area contributed by atoms with E-state index >= 15 is 0 Å². The van der Waals surface area contributed by atoms with Gasteiger partial charge in [-0.3, -0.25) is 0 Å². The Labute approximate surface area is 109 Å². The van der Waals surface area contributed by atoms with Crippen LogP contribution >= 0.6 is 0 Å². The molecule has 4 heteroatoms. The summed E-state index contributed by atoms with van der Waals surface area (Å²) in [5.74, 6) is 0.962. The number of nitrogens with zero attached hydrogens (tertiary/aromatic N) is 1. The molecule has 0 radical (unpaired) electrons. The maximum absolute atomic E-state index is 5.41. The van der Waals surface area contributed by atoms with Crippen LogP contribution in [0.4, 0.5) is 5.82 Å². The molecule has 2 N–H and O–H groups in total. The Hall–Kier alpha value is -1.13. The fourth-order valence-electron chi connectivity index (χ4n) is 2.55. The van der Waals surface area contributed by atoms with Crippen molar-refractivity contribution in [1.82, 2.24) is 10.3 Å². The number of anilines is 1. The van der Waals surface area contributed by atoms with Crippen molar-refractivity contribution in [3.05, 3.63) is 23.9 Å². The second-order valence-electron chi connectivity index (χ2n) is 5.20. The highest BCUT2D eigenvalue weighted by atomic mass is 16.5. The Morgan fingerprint density at radius 1 is 1.39 bits per heavy atom. The second kappa shape index (κ2) is 6.16. The number of aryl methyl sites for hydroxylation is 1. The standard InChI is InChI=1S/C14H23N3O/c1-12-4-3-5-13(17-12)16-10-14(11-18-2)6-8-15-9-7-14/h3-5,15H,6-11H2,1-2H3,(H,16,17). The van der Waals surface area contributed by atoms with E-state index in [1.807, 2.05) is 25.1 Å². The molecular formula is C14H23N3O. The molecule has 1 saturated heterocycles. The molecule has 1 aromatic rings. The Bertz CT molecular complexity index is 370. The third-order valence-corrected chi connectivity index (χ3v) is 3.65. The number of hydrogen-bond donors (Lipinski definition) is 2. The quantitative estimate of drug-likeness (QED) is 0.835. The summed E-state index contributed by atoms with van der Waals surface area (Å²) in [6.07, 6.45) is 2.30.